The van der Waals surface area contributed by atoms with E-state index in [0.717, 1.165) is 5.69 Å². The molecule has 16 heavy (non-hydrogen) atoms. The van der Waals surface area contributed by atoms with E-state index in [1.165, 1.54) is 6.33 Å². The Labute approximate surface area is 97.9 Å². The van der Waals surface area contributed by atoms with Crippen LogP contribution in [0.2, 0.25) is 5.02 Å². The maximum Gasteiger partial charge on any atom is 0.139 e. The van der Waals surface area contributed by atoms with Gasteiger partial charge in [0.2, 0.25) is 0 Å². The predicted octanol–water partition coefficient (Wildman–Crippen LogP) is 2.37. The highest BCUT2D eigenvalue weighted by Crippen LogP contribution is 2.20. The Bertz CT molecular complexity index is 490. The first kappa shape index (κ1) is 10.9. The molecule has 0 bridgehead atoms. The molecular weight excluding hydrogens is 226 g/mol. The first-order chi connectivity index (χ1) is 7.79. The number of hydrogen-bond acceptors (Lipinski definition) is 4. The SMILES string of the molecule is OCc1cncnc1Nc1cccc(Cl)c1. The second-order valence-electron chi connectivity index (χ2n) is 3.19. The fraction of sp³-hybridized carbons (Fsp3) is 0.0909. The first-order valence-corrected chi connectivity index (χ1v) is 5.09. The maximum absolute atomic E-state index is 9.10. The zero-order chi connectivity index (χ0) is 11.4. The summed E-state index contributed by atoms with van der Waals surface area (Å²) in [5.41, 5.74) is 1.46. The second-order valence-corrected chi connectivity index (χ2v) is 3.63. The average molecular weight is 236 g/mol. The van der Waals surface area contributed by atoms with Crippen molar-refractivity contribution in [1.82, 2.24) is 9.97 Å². The van der Waals surface area contributed by atoms with Crippen molar-refractivity contribution in [3.8, 4) is 0 Å². The summed E-state index contributed by atoms with van der Waals surface area (Å²) in [4.78, 5) is 7.89. The van der Waals surface area contributed by atoms with Crippen LogP contribution in [-0.4, -0.2) is 15.1 Å². The minimum Gasteiger partial charge on any atom is -0.391 e. The number of benzene rings is 1. The van der Waals surface area contributed by atoms with Gasteiger partial charge in [0.15, 0.2) is 0 Å². The molecule has 0 aliphatic rings. The quantitative estimate of drug-likeness (QED) is 0.858. The number of nitrogens with one attached hydrogen (secondary N) is 1. The Morgan fingerprint density at radius 2 is 2.25 bits per heavy atom. The molecule has 0 unspecified atom stereocenters. The fourth-order valence-corrected chi connectivity index (χ4v) is 1.48. The zero-order valence-electron chi connectivity index (χ0n) is 8.39. The smallest absolute Gasteiger partial charge is 0.139 e. The van der Waals surface area contributed by atoms with Gasteiger partial charge in [-0.3, -0.25) is 0 Å². The van der Waals surface area contributed by atoms with Crippen LogP contribution in [0.4, 0.5) is 11.5 Å². The Morgan fingerprint density at radius 3 is 3.00 bits per heavy atom. The molecule has 82 valence electrons. The Morgan fingerprint density at radius 1 is 1.38 bits per heavy atom. The highest BCUT2D eigenvalue weighted by molar-refractivity contribution is 6.30. The van der Waals surface area contributed by atoms with Crippen molar-refractivity contribution >= 4 is 23.1 Å². The van der Waals surface area contributed by atoms with E-state index in [-0.39, 0.29) is 6.61 Å². The molecule has 0 amide bonds. The molecule has 0 aliphatic carbocycles. The van der Waals surface area contributed by atoms with Crippen LogP contribution in [-0.2, 0) is 6.61 Å². The highest BCUT2D eigenvalue weighted by atomic mass is 35.5. The van der Waals surface area contributed by atoms with Crippen molar-refractivity contribution in [1.29, 1.82) is 0 Å². The molecule has 4 nitrogen and oxygen atoms in total. The van der Waals surface area contributed by atoms with E-state index in [0.29, 0.717) is 16.4 Å². The van der Waals surface area contributed by atoms with E-state index < -0.39 is 0 Å². The molecule has 2 aromatic rings. The summed E-state index contributed by atoms with van der Waals surface area (Å²) in [6, 6.07) is 7.28. The third-order valence-electron chi connectivity index (χ3n) is 2.05. The summed E-state index contributed by atoms with van der Waals surface area (Å²) in [5, 5.41) is 12.8. The summed E-state index contributed by atoms with van der Waals surface area (Å²) >= 11 is 5.86. The van der Waals surface area contributed by atoms with Gasteiger partial charge < -0.3 is 10.4 Å². The third kappa shape index (κ3) is 2.48. The van der Waals surface area contributed by atoms with Gasteiger partial charge in [-0.1, -0.05) is 17.7 Å². The molecule has 1 aromatic heterocycles. The molecule has 0 saturated carbocycles. The lowest BCUT2D eigenvalue weighted by molar-refractivity contribution is 0.281. The van der Waals surface area contributed by atoms with Gasteiger partial charge in [-0.2, -0.15) is 0 Å². The Hall–Kier alpha value is -1.65. The normalized spacial score (nSPS) is 10.1. The van der Waals surface area contributed by atoms with Crippen molar-refractivity contribution in [2.24, 2.45) is 0 Å². The van der Waals surface area contributed by atoms with Crippen LogP contribution >= 0.6 is 11.6 Å². The fourth-order valence-electron chi connectivity index (χ4n) is 1.29. The van der Waals surface area contributed by atoms with Crippen molar-refractivity contribution < 1.29 is 5.11 Å². The molecule has 2 N–H and O–H groups in total. The first-order valence-electron chi connectivity index (χ1n) is 4.72. The maximum atomic E-state index is 9.10. The van der Waals surface area contributed by atoms with Crippen LogP contribution in [0.25, 0.3) is 0 Å². The molecule has 0 fully saturated rings. The average Bonchev–Trinajstić information content (AvgIpc) is 2.30. The lowest BCUT2D eigenvalue weighted by Crippen LogP contribution is -1.99. The largest absolute Gasteiger partial charge is 0.391 e. The standard InChI is InChI=1S/C11H10ClN3O/c12-9-2-1-3-10(4-9)15-11-8(6-16)5-13-7-14-11/h1-5,7,16H,6H2,(H,13,14,15). The van der Waals surface area contributed by atoms with Crippen LogP contribution in [0.1, 0.15) is 5.56 Å². The number of halogens is 1. The van der Waals surface area contributed by atoms with Gasteiger partial charge in [0.1, 0.15) is 12.1 Å². The number of anilines is 2. The minimum absolute atomic E-state index is 0.107. The van der Waals surface area contributed by atoms with Crippen molar-refractivity contribution in [2.75, 3.05) is 5.32 Å². The molecule has 0 radical (unpaired) electrons. The van der Waals surface area contributed by atoms with Crippen molar-refractivity contribution in [2.45, 2.75) is 6.61 Å². The summed E-state index contributed by atoms with van der Waals surface area (Å²) in [6.07, 6.45) is 2.99. The monoisotopic (exact) mass is 235 g/mol. The minimum atomic E-state index is -0.107. The van der Waals surface area contributed by atoms with Gasteiger partial charge >= 0.3 is 0 Å². The summed E-state index contributed by atoms with van der Waals surface area (Å²) in [6.45, 7) is -0.107. The lowest BCUT2D eigenvalue weighted by atomic mass is 10.3. The third-order valence-corrected chi connectivity index (χ3v) is 2.28. The van der Waals surface area contributed by atoms with Crippen molar-refractivity contribution in [3.63, 3.8) is 0 Å². The van der Waals surface area contributed by atoms with Crippen molar-refractivity contribution in [3.05, 3.63) is 47.4 Å². The number of hydrogen-bond donors (Lipinski definition) is 2. The second kappa shape index (κ2) is 4.92. The predicted molar refractivity (Wildman–Crippen MR) is 62.7 cm³/mol. The molecule has 1 aromatic carbocycles. The number of aliphatic hydroxyl groups excluding tert-OH is 1. The van der Waals surface area contributed by atoms with Crippen LogP contribution in [0.15, 0.2) is 36.8 Å². The molecule has 0 saturated heterocycles. The molecule has 2 rings (SSSR count). The van der Waals surface area contributed by atoms with Gasteiger partial charge in [0.05, 0.1) is 6.61 Å². The van der Waals surface area contributed by atoms with Gasteiger partial charge in [-0.25, -0.2) is 9.97 Å². The van der Waals surface area contributed by atoms with Crippen LogP contribution < -0.4 is 5.32 Å². The molecule has 1 heterocycles. The van der Waals surface area contributed by atoms with E-state index in [4.69, 9.17) is 16.7 Å². The highest BCUT2D eigenvalue weighted by Gasteiger charge is 2.03. The molecule has 0 spiro atoms. The summed E-state index contributed by atoms with van der Waals surface area (Å²) in [5.74, 6) is 0.583. The van der Waals surface area contributed by atoms with Crippen LogP contribution in [0, 0.1) is 0 Å². The van der Waals surface area contributed by atoms with Gasteiger partial charge in [0.25, 0.3) is 0 Å². The van der Waals surface area contributed by atoms with E-state index in [9.17, 15) is 0 Å². The Balaban J connectivity index is 2.26. The van der Waals surface area contributed by atoms with Crippen LogP contribution in [0.3, 0.4) is 0 Å². The van der Waals surface area contributed by atoms with E-state index in [1.54, 1.807) is 18.3 Å². The van der Waals surface area contributed by atoms with E-state index in [2.05, 4.69) is 15.3 Å². The summed E-state index contributed by atoms with van der Waals surface area (Å²) < 4.78 is 0. The number of nitrogens with zero attached hydrogens (tertiary/aromatic N) is 2. The topological polar surface area (TPSA) is 58.0 Å². The zero-order valence-corrected chi connectivity index (χ0v) is 9.15. The molecule has 5 heteroatoms. The van der Waals surface area contributed by atoms with Crippen LogP contribution in [0.5, 0.6) is 0 Å². The Kier molecular flexibility index (Phi) is 3.34. The van der Waals surface area contributed by atoms with E-state index in [1.807, 2.05) is 12.1 Å². The van der Waals surface area contributed by atoms with Gasteiger partial charge in [-0.15, -0.1) is 0 Å². The molecular formula is C11H10ClN3O. The molecule has 0 aliphatic heterocycles. The van der Waals surface area contributed by atoms with Gasteiger partial charge in [0, 0.05) is 22.5 Å². The molecule has 0 atom stereocenters. The lowest BCUT2D eigenvalue weighted by Gasteiger charge is -2.08. The summed E-state index contributed by atoms with van der Waals surface area (Å²) in [7, 11) is 0. The number of rotatable bonds is 3. The number of aliphatic hydroxyl groups is 1. The van der Waals surface area contributed by atoms with Gasteiger partial charge in [-0.05, 0) is 18.2 Å². The van der Waals surface area contributed by atoms with E-state index >= 15 is 0 Å². The number of aromatic nitrogens is 2.